The maximum Gasteiger partial charge on any atom is 0.529 e. The van der Waals surface area contributed by atoms with Crippen molar-refractivity contribution in [2.75, 3.05) is 6.23 Å². The van der Waals surface area contributed by atoms with E-state index in [2.05, 4.69) is 0 Å². The minimum absolute atomic E-state index is 0.276. The molecule has 0 saturated heterocycles. The third kappa shape index (κ3) is 11.6. The molecule has 0 aliphatic rings. The van der Waals surface area contributed by atoms with E-state index < -0.39 is 8.80 Å². The summed E-state index contributed by atoms with van der Waals surface area (Å²) in [6, 6.07) is 0. The van der Waals surface area contributed by atoms with Crippen LogP contribution < -0.4 is 0 Å². The molecule has 0 aromatic rings. The van der Waals surface area contributed by atoms with E-state index in [9.17, 15) is 0 Å². The van der Waals surface area contributed by atoms with Crippen molar-refractivity contribution in [2.45, 2.75) is 105 Å². The maximum absolute atomic E-state index is 6.34. The van der Waals surface area contributed by atoms with Crippen molar-refractivity contribution < 1.29 is 18.0 Å². The van der Waals surface area contributed by atoms with Gasteiger partial charge in [0.2, 0.25) is 0 Å². The van der Waals surface area contributed by atoms with Crippen LogP contribution in [0.2, 0.25) is 0 Å². The first-order chi connectivity index (χ1) is 9.33. The van der Waals surface area contributed by atoms with Crippen LogP contribution in [0.4, 0.5) is 0 Å². The second-order valence-corrected chi connectivity index (χ2v) is 12.0. The van der Waals surface area contributed by atoms with Gasteiger partial charge >= 0.3 is 8.80 Å². The Labute approximate surface area is 139 Å². The lowest BCUT2D eigenvalue weighted by molar-refractivity contribution is -0.104. The SMILES string of the molecule is CC(C)(C)OC[Si](OC(C)(C)C)(OC(C)(C)C)OC(C)(C)C. The topological polar surface area (TPSA) is 36.9 Å². The maximum atomic E-state index is 6.34. The fourth-order valence-electron chi connectivity index (χ4n) is 1.86. The highest BCUT2D eigenvalue weighted by Crippen LogP contribution is 2.30. The molecule has 0 aliphatic carbocycles. The van der Waals surface area contributed by atoms with Crippen LogP contribution in [0.15, 0.2) is 0 Å². The van der Waals surface area contributed by atoms with E-state index in [1.807, 2.05) is 83.1 Å². The smallest absolute Gasteiger partial charge is 0.371 e. The molecule has 0 aromatic heterocycles. The Morgan fingerprint density at radius 3 is 0.955 bits per heavy atom. The average molecular weight is 335 g/mol. The number of ether oxygens (including phenoxy) is 1. The lowest BCUT2D eigenvalue weighted by Crippen LogP contribution is -2.61. The first-order valence-corrected chi connectivity index (χ1v) is 10.0. The molecule has 22 heavy (non-hydrogen) atoms. The minimum Gasteiger partial charge on any atom is -0.371 e. The molecule has 0 saturated carbocycles. The Hall–Kier alpha value is 0.0569. The first-order valence-electron chi connectivity index (χ1n) is 8.07. The van der Waals surface area contributed by atoms with Crippen LogP contribution in [0.3, 0.4) is 0 Å². The zero-order valence-corrected chi connectivity index (χ0v) is 17.8. The van der Waals surface area contributed by atoms with Crippen molar-refractivity contribution in [3.63, 3.8) is 0 Å². The molecule has 0 fully saturated rings. The van der Waals surface area contributed by atoms with Gasteiger partial charge in [0.25, 0.3) is 0 Å². The quantitative estimate of drug-likeness (QED) is 0.681. The summed E-state index contributed by atoms with van der Waals surface area (Å²) in [5, 5.41) is 0. The summed E-state index contributed by atoms with van der Waals surface area (Å²) in [5.41, 5.74) is -1.39. The van der Waals surface area contributed by atoms with Crippen LogP contribution in [0.25, 0.3) is 0 Å². The van der Waals surface area contributed by atoms with E-state index in [0.717, 1.165) is 0 Å². The van der Waals surface area contributed by atoms with Gasteiger partial charge in [0.1, 0.15) is 6.23 Å². The molecule has 0 bridgehead atoms. The first kappa shape index (κ1) is 22.1. The van der Waals surface area contributed by atoms with Crippen LogP contribution in [0.1, 0.15) is 83.1 Å². The third-order valence-corrected chi connectivity index (χ3v) is 5.34. The molecular weight excluding hydrogens is 296 g/mol. The van der Waals surface area contributed by atoms with Crippen molar-refractivity contribution in [2.24, 2.45) is 0 Å². The summed E-state index contributed by atoms with van der Waals surface area (Å²) in [7, 11) is -3.03. The van der Waals surface area contributed by atoms with Crippen LogP contribution in [0, 0.1) is 0 Å². The lowest BCUT2D eigenvalue weighted by atomic mass is 10.2. The molecule has 4 nitrogen and oxygen atoms in total. The van der Waals surface area contributed by atoms with Gasteiger partial charge in [-0.3, -0.25) is 0 Å². The Morgan fingerprint density at radius 1 is 0.500 bits per heavy atom. The zero-order valence-electron chi connectivity index (χ0n) is 16.8. The van der Waals surface area contributed by atoms with E-state index in [1.54, 1.807) is 0 Å². The second kappa shape index (κ2) is 6.89. The molecule has 0 aromatic carbocycles. The Bertz CT molecular complexity index is 299. The molecule has 0 unspecified atom stereocenters. The van der Waals surface area contributed by atoms with Crippen LogP contribution in [0.5, 0.6) is 0 Å². The number of hydrogen-bond acceptors (Lipinski definition) is 4. The highest BCUT2D eigenvalue weighted by molar-refractivity contribution is 6.61. The van der Waals surface area contributed by atoms with E-state index in [1.165, 1.54) is 0 Å². The molecule has 0 spiro atoms. The van der Waals surface area contributed by atoms with E-state index in [4.69, 9.17) is 18.0 Å². The average Bonchev–Trinajstić information content (AvgIpc) is 2.04. The van der Waals surface area contributed by atoms with Crippen molar-refractivity contribution in [1.82, 2.24) is 0 Å². The van der Waals surface area contributed by atoms with Gasteiger partial charge < -0.3 is 18.0 Å². The molecule has 0 atom stereocenters. The van der Waals surface area contributed by atoms with Gasteiger partial charge in [-0.05, 0) is 83.1 Å². The summed E-state index contributed by atoms with van der Waals surface area (Å²) in [6.07, 6.45) is 0.336. The fraction of sp³-hybridized carbons (Fsp3) is 1.00. The summed E-state index contributed by atoms with van der Waals surface area (Å²) < 4.78 is 25.0. The molecule has 0 heterocycles. The predicted molar refractivity (Wildman–Crippen MR) is 94.0 cm³/mol. The fourth-order valence-corrected chi connectivity index (χ4v) is 5.57. The standard InChI is InChI=1S/C17H38O4Si/c1-14(2,3)18-13-22(19-15(4,5)6,20-16(7,8)9)21-17(10,11)12/h13H2,1-12H3. The molecule has 0 radical (unpaired) electrons. The second-order valence-electron chi connectivity index (χ2n) is 9.73. The predicted octanol–water partition coefficient (Wildman–Crippen LogP) is 4.72. The summed E-state index contributed by atoms with van der Waals surface area (Å²) in [5.74, 6) is 0. The van der Waals surface area contributed by atoms with Crippen LogP contribution in [-0.4, -0.2) is 37.4 Å². The molecule has 0 aliphatic heterocycles. The van der Waals surface area contributed by atoms with Gasteiger partial charge in [0.05, 0.1) is 22.4 Å². The third-order valence-electron chi connectivity index (χ3n) is 2.07. The van der Waals surface area contributed by atoms with Crippen LogP contribution >= 0.6 is 0 Å². The number of rotatable bonds is 5. The van der Waals surface area contributed by atoms with Crippen molar-refractivity contribution in [3.8, 4) is 0 Å². The Kier molecular flexibility index (Phi) is 6.91. The highest BCUT2D eigenvalue weighted by Gasteiger charge is 2.51. The zero-order chi connectivity index (χ0) is 18.0. The monoisotopic (exact) mass is 334 g/mol. The van der Waals surface area contributed by atoms with Gasteiger partial charge in [0.15, 0.2) is 0 Å². The molecule has 0 amide bonds. The molecule has 134 valence electrons. The van der Waals surface area contributed by atoms with E-state index in [0.29, 0.717) is 6.23 Å². The van der Waals surface area contributed by atoms with Gasteiger partial charge in [-0.1, -0.05) is 0 Å². The van der Waals surface area contributed by atoms with E-state index >= 15 is 0 Å². The van der Waals surface area contributed by atoms with Gasteiger partial charge in [-0.25, -0.2) is 0 Å². The lowest BCUT2D eigenvalue weighted by Gasteiger charge is -2.43. The highest BCUT2D eigenvalue weighted by atomic mass is 28.4. The molecular formula is C17H38O4Si. The summed E-state index contributed by atoms with van der Waals surface area (Å²) in [6.45, 7) is 24.2. The molecule has 0 rings (SSSR count). The summed E-state index contributed by atoms with van der Waals surface area (Å²) in [4.78, 5) is 0. The number of hydrogen-bond donors (Lipinski definition) is 0. The van der Waals surface area contributed by atoms with Crippen molar-refractivity contribution in [3.05, 3.63) is 0 Å². The molecule has 5 heteroatoms. The van der Waals surface area contributed by atoms with Gasteiger partial charge in [-0.15, -0.1) is 0 Å². The van der Waals surface area contributed by atoms with Crippen molar-refractivity contribution in [1.29, 1.82) is 0 Å². The van der Waals surface area contributed by atoms with Crippen LogP contribution in [-0.2, 0) is 18.0 Å². The van der Waals surface area contributed by atoms with Gasteiger partial charge in [-0.2, -0.15) is 0 Å². The minimum atomic E-state index is -3.03. The molecule has 0 N–H and O–H groups in total. The van der Waals surface area contributed by atoms with Crippen molar-refractivity contribution >= 4 is 8.80 Å². The summed E-state index contributed by atoms with van der Waals surface area (Å²) >= 11 is 0. The van der Waals surface area contributed by atoms with Gasteiger partial charge in [0, 0.05) is 0 Å². The normalized spacial score (nSPS) is 15.3. The van der Waals surface area contributed by atoms with E-state index in [-0.39, 0.29) is 22.4 Å². The largest absolute Gasteiger partial charge is 0.529 e. The Morgan fingerprint density at radius 2 is 0.773 bits per heavy atom. The Balaban J connectivity index is 5.58.